The molecular formula is C14H21F3N4. The number of alkyl halides is 3. The summed E-state index contributed by atoms with van der Waals surface area (Å²) in [5, 5.41) is 2.95. The van der Waals surface area contributed by atoms with E-state index in [-0.39, 0.29) is 6.04 Å². The second-order valence-corrected chi connectivity index (χ2v) is 5.41. The van der Waals surface area contributed by atoms with Crippen LogP contribution in [-0.2, 0) is 6.42 Å². The Hall–Kier alpha value is -1.53. The maximum Gasteiger partial charge on any atom is 0.405 e. The quantitative estimate of drug-likeness (QED) is 0.875. The zero-order valence-electron chi connectivity index (χ0n) is 12.6. The minimum atomic E-state index is -4.23. The van der Waals surface area contributed by atoms with Crippen LogP contribution in [0.4, 0.5) is 24.8 Å². The van der Waals surface area contributed by atoms with Crippen LogP contribution in [0.3, 0.4) is 0 Å². The van der Waals surface area contributed by atoms with Gasteiger partial charge in [0.2, 0.25) is 0 Å². The second kappa shape index (κ2) is 6.07. The molecule has 1 fully saturated rings. The van der Waals surface area contributed by atoms with Crippen molar-refractivity contribution < 1.29 is 13.2 Å². The Morgan fingerprint density at radius 1 is 1.29 bits per heavy atom. The molecule has 21 heavy (non-hydrogen) atoms. The van der Waals surface area contributed by atoms with Crippen molar-refractivity contribution in [1.29, 1.82) is 0 Å². The summed E-state index contributed by atoms with van der Waals surface area (Å²) in [5.41, 5.74) is 0.675. The van der Waals surface area contributed by atoms with Gasteiger partial charge in [0.15, 0.2) is 0 Å². The molecule has 0 bridgehead atoms. The van der Waals surface area contributed by atoms with Crippen LogP contribution in [0.1, 0.15) is 37.6 Å². The maximum atomic E-state index is 12.8. The normalized spacial score (nSPS) is 15.1. The lowest BCUT2D eigenvalue weighted by Gasteiger charge is -2.27. The highest BCUT2D eigenvalue weighted by Gasteiger charge is 2.39. The summed E-state index contributed by atoms with van der Waals surface area (Å²) < 4.78 is 38.5. The first-order valence-electron chi connectivity index (χ1n) is 7.24. The molecule has 0 radical (unpaired) electrons. The van der Waals surface area contributed by atoms with E-state index in [2.05, 4.69) is 15.3 Å². The standard InChI is InChI=1S/C14H21F3N4/c1-4-5-11-19-12(18-3)9(2)13(20-11)21(10-6-7-10)8-14(15,16)17/h10H,4-8H2,1-3H3,(H,18,19,20). The lowest BCUT2D eigenvalue weighted by atomic mass is 10.2. The van der Waals surface area contributed by atoms with Gasteiger partial charge in [0.1, 0.15) is 24.0 Å². The van der Waals surface area contributed by atoms with Crippen LogP contribution in [-0.4, -0.2) is 35.8 Å². The third-order valence-electron chi connectivity index (χ3n) is 3.49. The molecule has 4 nitrogen and oxygen atoms in total. The third-order valence-corrected chi connectivity index (χ3v) is 3.49. The second-order valence-electron chi connectivity index (χ2n) is 5.41. The molecule has 1 saturated carbocycles. The van der Waals surface area contributed by atoms with Crippen LogP contribution < -0.4 is 10.2 Å². The Labute approximate surface area is 122 Å². The average Bonchev–Trinajstić information content (AvgIpc) is 3.21. The molecule has 0 unspecified atom stereocenters. The highest BCUT2D eigenvalue weighted by molar-refractivity contribution is 5.59. The van der Waals surface area contributed by atoms with Crippen molar-refractivity contribution in [2.75, 3.05) is 23.8 Å². The number of halogens is 3. The molecule has 7 heteroatoms. The lowest BCUT2D eigenvalue weighted by molar-refractivity contribution is -0.120. The molecule has 1 heterocycles. The Morgan fingerprint density at radius 3 is 2.43 bits per heavy atom. The number of hydrogen-bond donors (Lipinski definition) is 1. The molecular weight excluding hydrogens is 281 g/mol. The number of hydrogen-bond acceptors (Lipinski definition) is 4. The predicted molar refractivity (Wildman–Crippen MR) is 76.7 cm³/mol. The first-order chi connectivity index (χ1) is 9.85. The van der Waals surface area contributed by atoms with Crippen molar-refractivity contribution in [2.24, 2.45) is 0 Å². The molecule has 0 aliphatic heterocycles. The van der Waals surface area contributed by atoms with E-state index in [9.17, 15) is 13.2 Å². The van der Waals surface area contributed by atoms with Crippen molar-refractivity contribution in [1.82, 2.24) is 9.97 Å². The Morgan fingerprint density at radius 2 is 1.95 bits per heavy atom. The van der Waals surface area contributed by atoms with Gasteiger partial charge in [-0.3, -0.25) is 0 Å². The topological polar surface area (TPSA) is 41.1 Å². The summed E-state index contributed by atoms with van der Waals surface area (Å²) in [7, 11) is 1.72. The zero-order valence-corrected chi connectivity index (χ0v) is 12.6. The number of anilines is 2. The highest BCUT2D eigenvalue weighted by atomic mass is 19.4. The molecule has 1 aromatic rings. The number of aryl methyl sites for hydroxylation is 1. The molecule has 0 amide bonds. The largest absolute Gasteiger partial charge is 0.405 e. The van der Waals surface area contributed by atoms with Crippen LogP contribution in [0.5, 0.6) is 0 Å². The van der Waals surface area contributed by atoms with Gasteiger partial charge in [-0.05, 0) is 26.2 Å². The van der Waals surface area contributed by atoms with Gasteiger partial charge in [-0.1, -0.05) is 6.92 Å². The number of rotatable bonds is 6. The van der Waals surface area contributed by atoms with E-state index in [0.717, 1.165) is 19.3 Å². The Kier molecular flexibility index (Phi) is 4.58. The Balaban J connectivity index is 2.40. The fraction of sp³-hybridized carbons (Fsp3) is 0.714. The molecule has 0 aromatic carbocycles. The third kappa shape index (κ3) is 3.98. The first-order valence-corrected chi connectivity index (χ1v) is 7.24. The van der Waals surface area contributed by atoms with E-state index in [1.165, 1.54) is 4.90 Å². The van der Waals surface area contributed by atoms with Crippen LogP contribution in [0.25, 0.3) is 0 Å². The molecule has 2 rings (SSSR count). The van der Waals surface area contributed by atoms with E-state index in [0.29, 0.717) is 29.4 Å². The van der Waals surface area contributed by atoms with Crippen LogP contribution in [0, 0.1) is 6.92 Å². The predicted octanol–water partition coefficient (Wildman–Crippen LogP) is 3.31. The molecule has 1 aliphatic carbocycles. The van der Waals surface area contributed by atoms with Crippen molar-refractivity contribution in [2.45, 2.75) is 51.7 Å². The number of nitrogens with zero attached hydrogens (tertiary/aromatic N) is 3. The van der Waals surface area contributed by atoms with Gasteiger partial charge in [-0.15, -0.1) is 0 Å². The molecule has 1 aromatic heterocycles. The SMILES string of the molecule is CCCc1nc(NC)c(C)c(N(CC(F)(F)F)C2CC2)n1. The summed E-state index contributed by atoms with van der Waals surface area (Å²) in [4.78, 5) is 10.1. The van der Waals surface area contributed by atoms with Gasteiger partial charge in [0.25, 0.3) is 0 Å². The minimum Gasteiger partial charge on any atom is -0.373 e. The van der Waals surface area contributed by atoms with Crippen LogP contribution in [0.15, 0.2) is 0 Å². The molecule has 0 atom stereocenters. The van der Waals surface area contributed by atoms with Crippen molar-refractivity contribution in [3.05, 3.63) is 11.4 Å². The maximum absolute atomic E-state index is 12.8. The average molecular weight is 302 g/mol. The van der Waals surface area contributed by atoms with Gasteiger partial charge in [0.05, 0.1) is 0 Å². The van der Waals surface area contributed by atoms with Gasteiger partial charge in [0, 0.05) is 25.1 Å². The van der Waals surface area contributed by atoms with Crippen molar-refractivity contribution in [3.8, 4) is 0 Å². The molecule has 1 N–H and O–H groups in total. The van der Waals surface area contributed by atoms with E-state index in [1.54, 1.807) is 14.0 Å². The van der Waals surface area contributed by atoms with Gasteiger partial charge in [-0.25, -0.2) is 9.97 Å². The summed E-state index contributed by atoms with van der Waals surface area (Å²) >= 11 is 0. The van der Waals surface area contributed by atoms with Crippen LogP contribution >= 0.6 is 0 Å². The fourth-order valence-corrected chi connectivity index (χ4v) is 2.36. The minimum absolute atomic E-state index is 0.0561. The van der Waals surface area contributed by atoms with Gasteiger partial charge in [-0.2, -0.15) is 13.2 Å². The van der Waals surface area contributed by atoms with E-state index >= 15 is 0 Å². The summed E-state index contributed by atoms with van der Waals surface area (Å²) in [5.74, 6) is 1.61. The first kappa shape index (κ1) is 15.9. The highest BCUT2D eigenvalue weighted by Crippen LogP contribution is 2.36. The Bertz CT molecular complexity index is 498. The molecule has 1 aliphatic rings. The van der Waals surface area contributed by atoms with E-state index in [4.69, 9.17) is 0 Å². The molecule has 0 spiro atoms. The lowest BCUT2D eigenvalue weighted by Crippen LogP contribution is -2.37. The number of nitrogens with one attached hydrogen (secondary N) is 1. The van der Waals surface area contributed by atoms with Gasteiger partial charge < -0.3 is 10.2 Å². The summed E-state index contributed by atoms with van der Waals surface area (Å²) in [6.07, 6.45) is -1.14. The van der Waals surface area contributed by atoms with Crippen molar-refractivity contribution in [3.63, 3.8) is 0 Å². The van der Waals surface area contributed by atoms with E-state index in [1.807, 2.05) is 6.92 Å². The van der Waals surface area contributed by atoms with Crippen molar-refractivity contribution >= 4 is 11.6 Å². The number of aromatic nitrogens is 2. The molecule has 0 saturated heterocycles. The molecule has 118 valence electrons. The monoisotopic (exact) mass is 302 g/mol. The van der Waals surface area contributed by atoms with E-state index < -0.39 is 12.7 Å². The summed E-state index contributed by atoms with van der Waals surface area (Å²) in [6.45, 7) is 2.81. The van der Waals surface area contributed by atoms with Gasteiger partial charge >= 0.3 is 6.18 Å². The zero-order chi connectivity index (χ0) is 15.6. The fourth-order valence-electron chi connectivity index (χ4n) is 2.36. The smallest absolute Gasteiger partial charge is 0.373 e. The summed E-state index contributed by atoms with van der Waals surface area (Å²) in [6, 6.07) is -0.0561. The van der Waals surface area contributed by atoms with Crippen LogP contribution in [0.2, 0.25) is 0 Å².